The maximum Gasteiger partial charge on any atom is 0.306 e. The van der Waals surface area contributed by atoms with Crippen molar-refractivity contribution in [1.82, 2.24) is 9.47 Å². The average Bonchev–Trinajstić information content (AvgIpc) is 3.67. The Kier molecular flexibility index (Phi) is 10.0. The summed E-state index contributed by atoms with van der Waals surface area (Å²) in [6.45, 7) is 3.36. The molecule has 1 atom stereocenters. The zero-order valence-electron chi connectivity index (χ0n) is 25.1. The minimum absolute atomic E-state index is 0.0602. The Morgan fingerprint density at radius 3 is 2.50 bits per heavy atom. The van der Waals surface area contributed by atoms with Crippen LogP contribution in [0.3, 0.4) is 0 Å². The number of likely N-dealkylation sites (tertiary alicyclic amines) is 1. The number of fused-ring (bicyclic) bond motifs is 1. The molecule has 1 saturated carbocycles. The van der Waals surface area contributed by atoms with E-state index in [4.69, 9.17) is 21.1 Å². The molecule has 236 valence electrons. The number of anilines is 1. The summed E-state index contributed by atoms with van der Waals surface area (Å²) in [7, 11) is 1.84. The Balaban J connectivity index is 1.37. The van der Waals surface area contributed by atoms with Crippen LogP contribution in [0.5, 0.6) is 0 Å². The number of ether oxygens (including phenoxy) is 2. The largest absolute Gasteiger partial charge is 0.481 e. The summed E-state index contributed by atoms with van der Waals surface area (Å²) in [5.41, 5.74) is 1.47. The van der Waals surface area contributed by atoms with Crippen LogP contribution in [-0.2, 0) is 32.5 Å². The molecule has 3 aromatic rings. The highest BCUT2D eigenvalue weighted by Crippen LogP contribution is 2.35. The number of amides is 1. The minimum atomic E-state index is -1.71. The second-order valence-corrected chi connectivity index (χ2v) is 12.1. The number of rotatable bonds is 12. The average molecular weight is 628 g/mol. The van der Waals surface area contributed by atoms with Gasteiger partial charge in [0.2, 0.25) is 5.78 Å². The Hall–Kier alpha value is -3.31. The van der Waals surface area contributed by atoms with Crippen molar-refractivity contribution >= 4 is 45.9 Å². The van der Waals surface area contributed by atoms with Crippen molar-refractivity contribution in [3.63, 3.8) is 0 Å². The van der Waals surface area contributed by atoms with Gasteiger partial charge in [0.05, 0.1) is 34.9 Å². The van der Waals surface area contributed by atoms with E-state index in [9.17, 15) is 19.5 Å². The number of ketones is 1. The number of carbonyl (C=O) groups is 3. The number of benzene rings is 2. The zero-order chi connectivity index (χ0) is 31.4. The number of hydrogen-bond donors (Lipinski definition) is 2. The normalized spacial score (nSPS) is 20.5. The first-order valence-corrected chi connectivity index (χ1v) is 15.7. The Morgan fingerprint density at radius 1 is 1.11 bits per heavy atom. The summed E-state index contributed by atoms with van der Waals surface area (Å²) in [5, 5.41) is 13.0. The third-order valence-corrected chi connectivity index (χ3v) is 8.92. The second-order valence-electron chi connectivity index (χ2n) is 11.7. The van der Waals surface area contributed by atoms with Gasteiger partial charge in [0.15, 0.2) is 0 Å². The molecular formula is C33H39ClFN3O6. The standard InChI is InChI=1S/C33H39ClFN3O6/c1-3-16-43-33(38-14-6-7-15-38,44-23-12-10-21(11-13-23)32(41)42)30(39)18-22-17-26(34)28(19-27(22)35)36-31(40)25-20-37(2)29-9-5-4-8-24(25)29/h4-5,8-9,17,19-21,23H,3,6-7,10-16,18H2,1-2H3,(H,36,40)(H,41,42)/t21-,23-,33?. The van der Waals surface area contributed by atoms with Crippen LogP contribution in [-0.4, -0.2) is 63.9 Å². The first-order valence-electron chi connectivity index (χ1n) is 15.3. The molecule has 0 bridgehead atoms. The monoisotopic (exact) mass is 627 g/mol. The number of aryl methyl sites for hydroxylation is 1. The summed E-state index contributed by atoms with van der Waals surface area (Å²) in [6.07, 6.45) is 5.25. The smallest absolute Gasteiger partial charge is 0.306 e. The van der Waals surface area contributed by atoms with Crippen LogP contribution < -0.4 is 5.32 Å². The number of hydrogen-bond acceptors (Lipinski definition) is 6. The topological polar surface area (TPSA) is 110 Å². The number of carboxylic acid groups (broad SMARTS) is 1. The maximum atomic E-state index is 15.6. The van der Waals surface area contributed by atoms with Crippen molar-refractivity contribution < 1.29 is 33.4 Å². The molecule has 1 aliphatic carbocycles. The van der Waals surface area contributed by atoms with E-state index in [-0.39, 0.29) is 35.4 Å². The van der Waals surface area contributed by atoms with E-state index in [1.54, 1.807) is 6.20 Å². The Bertz CT molecular complexity index is 1530. The van der Waals surface area contributed by atoms with Crippen LogP contribution in [0, 0.1) is 11.7 Å². The molecule has 1 saturated heterocycles. The number of Topliss-reactive ketones (excluding diaryl/α,β-unsaturated/α-hetero) is 1. The van der Waals surface area contributed by atoms with Gasteiger partial charge in [-0.05, 0) is 68.7 Å². The number of halogens is 2. The van der Waals surface area contributed by atoms with Gasteiger partial charge in [0.25, 0.3) is 11.8 Å². The molecule has 1 aromatic heterocycles. The lowest BCUT2D eigenvalue weighted by Crippen LogP contribution is -2.60. The van der Waals surface area contributed by atoms with E-state index in [0.717, 1.165) is 29.8 Å². The lowest BCUT2D eigenvalue weighted by atomic mass is 9.87. The van der Waals surface area contributed by atoms with Gasteiger partial charge < -0.3 is 24.5 Å². The van der Waals surface area contributed by atoms with E-state index in [0.29, 0.717) is 50.8 Å². The minimum Gasteiger partial charge on any atom is -0.481 e. The van der Waals surface area contributed by atoms with Crippen molar-refractivity contribution in [1.29, 1.82) is 0 Å². The summed E-state index contributed by atoms with van der Waals surface area (Å²) in [5.74, 6) is -4.54. The lowest BCUT2D eigenvalue weighted by molar-refractivity contribution is -0.311. The van der Waals surface area contributed by atoms with E-state index in [1.807, 2.05) is 47.7 Å². The molecule has 0 spiro atoms. The molecule has 1 aliphatic heterocycles. The maximum absolute atomic E-state index is 15.6. The first kappa shape index (κ1) is 32.1. The highest BCUT2D eigenvalue weighted by atomic mass is 35.5. The molecule has 44 heavy (non-hydrogen) atoms. The van der Waals surface area contributed by atoms with Crippen molar-refractivity contribution in [2.24, 2.45) is 13.0 Å². The Labute approximate surface area is 261 Å². The quantitative estimate of drug-likeness (QED) is 0.231. The summed E-state index contributed by atoms with van der Waals surface area (Å²) < 4.78 is 30.2. The predicted molar refractivity (Wildman–Crippen MR) is 165 cm³/mol. The second kappa shape index (κ2) is 13.8. The molecule has 2 N–H and O–H groups in total. The van der Waals surface area contributed by atoms with E-state index >= 15 is 4.39 Å². The van der Waals surface area contributed by atoms with Gasteiger partial charge in [-0.2, -0.15) is 0 Å². The third kappa shape index (κ3) is 6.68. The highest BCUT2D eigenvalue weighted by molar-refractivity contribution is 6.34. The molecular weight excluding hydrogens is 589 g/mol. The molecule has 0 radical (unpaired) electrons. The molecule has 2 aliphatic rings. The van der Waals surface area contributed by atoms with Gasteiger partial charge in [0.1, 0.15) is 5.82 Å². The van der Waals surface area contributed by atoms with Crippen LogP contribution >= 0.6 is 11.6 Å². The van der Waals surface area contributed by atoms with E-state index in [2.05, 4.69) is 5.32 Å². The van der Waals surface area contributed by atoms with Gasteiger partial charge in [-0.3, -0.25) is 14.4 Å². The van der Waals surface area contributed by atoms with Crippen molar-refractivity contribution in [2.75, 3.05) is 25.0 Å². The summed E-state index contributed by atoms with van der Waals surface area (Å²) in [4.78, 5) is 40.7. The molecule has 11 heteroatoms. The van der Waals surface area contributed by atoms with Crippen molar-refractivity contribution in [3.8, 4) is 0 Å². The van der Waals surface area contributed by atoms with Gasteiger partial charge in [-0.1, -0.05) is 36.7 Å². The number of carbonyl (C=O) groups excluding carboxylic acids is 2. The number of carboxylic acids is 1. The Morgan fingerprint density at radius 2 is 1.82 bits per heavy atom. The summed E-state index contributed by atoms with van der Waals surface area (Å²) in [6, 6.07) is 9.97. The van der Waals surface area contributed by atoms with Gasteiger partial charge >= 0.3 is 5.97 Å². The number of nitrogens with zero attached hydrogens (tertiary/aromatic N) is 2. The summed E-state index contributed by atoms with van der Waals surface area (Å²) >= 11 is 6.54. The zero-order valence-corrected chi connectivity index (χ0v) is 25.9. The first-order chi connectivity index (χ1) is 21.1. The molecule has 2 heterocycles. The van der Waals surface area contributed by atoms with E-state index in [1.165, 1.54) is 6.07 Å². The van der Waals surface area contributed by atoms with Gasteiger partial charge in [-0.25, -0.2) is 9.29 Å². The number of aromatic nitrogens is 1. The number of para-hydroxylation sites is 1. The molecule has 5 rings (SSSR count). The van der Waals surface area contributed by atoms with Gasteiger partial charge in [-0.15, -0.1) is 0 Å². The van der Waals surface area contributed by atoms with Crippen LogP contribution in [0.1, 0.15) is 67.8 Å². The highest BCUT2D eigenvalue weighted by Gasteiger charge is 2.49. The SMILES string of the molecule is CCCOC(O[C@H]1CC[C@H](C(=O)O)CC1)(C(=O)Cc1cc(Cl)c(NC(=O)c2cn(C)c3ccccc23)cc1F)N1CCCC1. The molecule has 1 amide bonds. The lowest BCUT2D eigenvalue weighted by Gasteiger charge is -2.43. The van der Waals surface area contributed by atoms with Crippen LogP contribution in [0.15, 0.2) is 42.6 Å². The molecule has 1 unspecified atom stereocenters. The number of aliphatic carboxylic acids is 1. The van der Waals surface area contributed by atoms with Crippen LogP contribution in [0.25, 0.3) is 10.9 Å². The van der Waals surface area contributed by atoms with E-state index < -0.39 is 35.3 Å². The fourth-order valence-electron chi connectivity index (χ4n) is 6.24. The molecule has 9 nitrogen and oxygen atoms in total. The predicted octanol–water partition coefficient (Wildman–Crippen LogP) is 6.17. The fraction of sp³-hybridized carbons (Fsp3) is 0.485. The van der Waals surface area contributed by atoms with Gasteiger partial charge in [0, 0.05) is 43.7 Å². The molecule has 2 aromatic carbocycles. The van der Waals surface area contributed by atoms with Crippen LogP contribution in [0.2, 0.25) is 5.02 Å². The number of nitrogens with one attached hydrogen (secondary N) is 1. The third-order valence-electron chi connectivity index (χ3n) is 8.60. The molecule has 2 fully saturated rings. The fourth-order valence-corrected chi connectivity index (χ4v) is 6.48. The van der Waals surface area contributed by atoms with Crippen LogP contribution in [0.4, 0.5) is 10.1 Å². The van der Waals surface area contributed by atoms with Crippen molar-refractivity contribution in [2.45, 2.75) is 70.3 Å². The van der Waals surface area contributed by atoms with Crippen molar-refractivity contribution in [3.05, 3.63) is 64.6 Å².